The molecule has 0 aromatic rings. The molecule has 6 heteroatoms. The maximum Gasteiger partial charge on any atom is 0.332 e. The average molecular weight is 309 g/mol. The number of likely N-dealkylation sites (tertiary alicyclic amines) is 1. The average Bonchev–Trinajstić information content (AvgIpc) is 2.54. The Bertz CT molecular complexity index is 497. The predicted octanol–water partition coefficient (Wildman–Crippen LogP) is 1.74. The second kappa shape index (κ2) is 7.42. The molecule has 2 aliphatic rings. The summed E-state index contributed by atoms with van der Waals surface area (Å²) >= 11 is 0. The highest BCUT2D eigenvalue weighted by atomic mass is 16.5. The van der Waals surface area contributed by atoms with Crippen LogP contribution in [-0.2, 0) is 19.1 Å². The first-order chi connectivity index (χ1) is 10.5. The number of aliphatic carboxylic acids is 1. The number of esters is 1. The van der Waals surface area contributed by atoms with Crippen LogP contribution in [0.3, 0.4) is 0 Å². The lowest BCUT2D eigenvalue weighted by Crippen LogP contribution is -2.44. The third-order valence-electron chi connectivity index (χ3n) is 4.31. The van der Waals surface area contributed by atoms with Crippen LogP contribution >= 0.6 is 0 Å². The first-order valence-corrected chi connectivity index (χ1v) is 7.95. The number of carbonyl (C=O) groups is 3. The van der Waals surface area contributed by atoms with Crippen LogP contribution in [0.4, 0.5) is 0 Å². The Hall–Kier alpha value is -1.85. The number of carbonyl (C=O) groups excluding carboxylic acids is 2. The fourth-order valence-corrected chi connectivity index (χ4v) is 3.18. The number of hydrogen-bond donors (Lipinski definition) is 1. The summed E-state index contributed by atoms with van der Waals surface area (Å²) in [5, 5.41) is 9.26. The molecule has 1 aliphatic carbocycles. The zero-order chi connectivity index (χ0) is 16.1. The second-order valence-corrected chi connectivity index (χ2v) is 5.81. The van der Waals surface area contributed by atoms with E-state index >= 15 is 0 Å². The fraction of sp³-hybridized carbons (Fsp3) is 0.688. The van der Waals surface area contributed by atoms with Crippen molar-refractivity contribution in [2.24, 2.45) is 5.92 Å². The van der Waals surface area contributed by atoms with E-state index in [1.807, 2.05) is 0 Å². The largest absolute Gasteiger partial charge is 0.478 e. The van der Waals surface area contributed by atoms with E-state index in [9.17, 15) is 19.5 Å². The number of amides is 1. The van der Waals surface area contributed by atoms with Crippen molar-refractivity contribution in [3.63, 3.8) is 0 Å². The molecule has 0 spiro atoms. The van der Waals surface area contributed by atoms with E-state index in [0.717, 1.165) is 19.3 Å². The maximum absolute atomic E-state index is 12.6. The van der Waals surface area contributed by atoms with Crippen molar-refractivity contribution in [3.8, 4) is 0 Å². The number of carboxylic acid groups (broad SMARTS) is 1. The van der Waals surface area contributed by atoms with Crippen LogP contribution in [-0.4, -0.2) is 47.5 Å². The number of rotatable bonds is 4. The molecule has 1 amide bonds. The quantitative estimate of drug-likeness (QED) is 0.800. The molecule has 1 saturated heterocycles. The normalized spacial score (nSPS) is 22.4. The van der Waals surface area contributed by atoms with E-state index in [-0.39, 0.29) is 23.4 Å². The zero-order valence-electron chi connectivity index (χ0n) is 13.0. The Labute approximate surface area is 130 Å². The van der Waals surface area contributed by atoms with Crippen LogP contribution in [0.15, 0.2) is 11.1 Å². The van der Waals surface area contributed by atoms with Gasteiger partial charge in [-0.15, -0.1) is 0 Å². The van der Waals surface area contributed by atoms with Gasteiger partial charge >= 0.3 is 11.9 Å². The molecule has 0 radical (unpaired) electrons. The summed E-state index contributed by atoms with van der Waals surface area (Å²) in [4.78, 5) is 37.4. The van der Waals surface area contributed by atoms with Crippen molar-refractivity contribution in [2.75, 3.05) is 19.7 Å². The number of nitrogens with zero attached hydrogens (tertiary/aromatic N) is 1. The van der Waals surface area contributed by atoms with Crippen molar-refractivity contribution >= 4 is 17.8 Å². The van der Waals surface area contributed by atoms with Gasteiger partial charge in [-0.2, -0.15) is 0 Å². The van der Waals surface area contributed by atoms with Crippen molar-refractivity contribution in [1.29, 1.82) is 0 Å². The van der Waals surface area contributed by atoms with Gasteiger partial charge in [-0.25, -0.2) is 4.79 Å². The third kappa shape index (κ3) is 3.67. The monoisotopic (exact) mass is 309 g/mol. The van der Waals surface area contributed by atoms with E-state index in [4.69, 9.17) is 4.74 Å². The topological polar surface area (TPSA) is 83.9 Å². The van der Waals surface area contributed by atoms with Crippen molar-refractivity contribution in [3.05, 3.63) is 11.1 Å². The van der Waals surface area contributed by atoms with E-state index in [2.05, 4.69) is 0 Å². The molecule has 22 heavy (non-hydrogen) atoms. The molecule has 1 fully saturated rings. The summed E-state index contributed by atoms with van der Waals surface area (Å²) in [6, 6.07) is 0. The van der Waals surface area contributed by atoms with Gasteiger partial charge in [-0.05, 0) is 45.4 Å². The van der Waals surface area contributed by atoms with Crippen LogP contribution in [0, 0.1) is 5.92 Å². The smallest absolute Gasteiger partial charge is 0.332 e. The van der Waals surface area contributed by atoms with Gasteiger partial charge in [0, 0.05) is 24.2 Å². The molecule has 1 atom stereocenters. The minimum absolute atomic E-state index is 0.217. The number of ether oxygens (including phenoxy) is 1. The van der Waals surface area contributed by atoms with Gasteiger partial charge in [-0.3, -0.25) is 9.59 Å². The summed E-state index contributed by atoms with van der Waals surface area (Å²) in [7, 11) is 0. The summed E-state index contributed by atoms with van der Waals surface area (Å²) < 4.78 is 5.03. The molecular formula is C16H23NO5. The lowest BCUT2D eigenvalue weighted by atomic mass is 9.89. The Morgan fingerprint density at radius 2 is 1.86 bits per heavy atom. The first-order valence-electron chi connectivity index (χ1n) is 7.95. The number of hydrogen-bond acceptors (Lipinski definition) is 4. The van der Waals surface area contributed by atoms with E-state index in [1.54, 1.807) is 11.8 Å². The van der Waals surface area contributed by atoms with Crippen LogP contribution in [0.2, 0.25) is 0 Å². The van der Waals surface area contributed by atoms with Crippen molar-refractivity contribution in [2.45, 2.75) is 45.4 Å². The van der Waals surface area contributed by atoms with E-state index < -0.39 is 5.97 Å². The van der Waals surface area contributed by atoms with Crippen molar-refractivity contribution < 1.29 is 24.2 Å². The molecule has 1 heterocycles. The Kier molecular flexibility index (Phi) is 5.57. The maximum atomic E-state index is 12.6. The number of piperidine rings is 1. The van der Waals surface area contributed by atoms with Crippen LogP contribution < -0.4 is 0 Å². The summed E-state index contributed by atoms with van der Waals surface area (Å²) in [5.41, 5.74) is 0.665. The molecular weight excluding hydrogens is 286 g/mol. The highest BCUT2D eigenvalue weighted by Crippen LogP contribution is 2.28. The lowest BCUT2D eigenvalue weighted by Gasteiger charge is -2.33. The second-order valence-electron chi connectivity index (χ2n) is 5.81. The summed E-state index contributed by atoms with van der Waals surface area (Å²) in [6.07, 6.45) is 4.07. The fourth-order valence-electron chi connectivity index (χ4n) is 3.18. The molecule has 6 nitrogen and oxygen atoms in total. The standard InChI is InChI=1S/C16H23NO5/c1-2-22-16(21)11-6-5-9-17(10-11)14(18)12-7-3-4-8-13(12)15(19)20/h11H,2-10H2,1H3,(H,19,20). The predicted molar refractivity (Wildman–Crippen MR) is 79.1 cm³/mol. The highest BCUT2D eigenvalue weighted by Gasteiger charge is 2.32. The van der Waals surface area contributed by atoms with Gasteiger partial charge < -0.3 is 14.7 Å². The highest BCUT2D eigenvalue weighted by molar-refractivity contribution is 6.02. The van der Waals surface area contributed by atoms with Gasteiger partial charge in [0.2, 0.25) is 5.91 Å². The zero-order valence-corrected chi connectivity index (χ0v) is 13.0. The first kappa shape index (κ1) is 16.5. The summed E-state index contributed by atoms with van der Waals surface area (Å²) in [5.74, 6) is -1.78. The van der Waals surface area contributed by atoms with Gasteiger partial charge in [0.05, 0.1) is 12.5 Å². The molecule has 1 unspecified atom stereocenters. The Morgan fingerprint density at radius 1 is 1.18 bits per heavy atom. The molecule has 0 bridgehead atoms. The van der Waals surface area contributed by atoms with Gasteiger partial charge in [0.1, 0.15) is 0 Å². The van der Waals surface area contributed by atoms with Crippen LogP contribution in [0.1, 0.15) is 45.4 Å². The van der Waals surface area contributed by atoms with Gasteiger partial charge in [0.25, 0.3) is 0 Å². The molecule has 1 N–H and O–H groups in total. The van der Waals surface area contributed by atoms with Gasteiger partial charge in [0.15, 0.2) is 0 Å². The van der Waals surface area contributed by atoms with Gasteiger partial charge in [-0.1, -0.05) is 0 Å². The third-order valence-corrected chi connectivity index (χ3v) is 4.31. The van der Waals surface area contributed by atoms with E-state index in [0.29, 0.717) is 44.5 Å². The molecule has 0 aromatic heterocycles. The minimum atomic E-state index is -0.998. The SMILES string of the molecule is CCOC(=O)C1CCCN(C(=O)C2=C(C(=O)O)CCCC2)C1. The lowest BCUT2D eigenvalue weighted by molar-refractivity contribution is -0.151. The molecule has 2 rings (SSSR count). The van der Waals surface area contributed by atoms with Crippen LogP contribution in [0.5, 0.6) is 0 Å². The Balaban J connectivity index is 2.11. The molecule has 122 valence electrons. The number of carboxylic acids is 1. The van der Waals surface area contributed by atoms with E-state index in [1.165, 1.54) is 0 Å². The minimum Gasteiger partial charge on any atom is -0.478 e. The summed E-state index contributed by atoms with van der Waals surface area (Å²) in [6.45, 7) is 2.99. The van der Waals surface area contributed by atoms with Crippen molar-refractivity contribution in [1.82, 2.24) is 4.90 Å². The molecule has 1 aliphatic heterocycles. The van der Waals surface area contributed by atoms with Crippen LogP contribution in [0.25, 0.3) is 0 Å². The molecule has 0 aromatic carbocycles. The molecule has 0 saturated carbocycles. The Morgan fingerprint density at radius 3 is 2.50 bits per heavy atom.